The van der Waals surface area contributed by atoms with Crippen molar-refractivity contribution >= 4 is 17.9 Å². The second kappa shape index (κ2) is 65.8. The van der Waals surface area contributed by atoms with Crippen LogP contribution in [0, 0.1) is 0 Å². The Kier molecular flexibility index (Phi) is 62.7. The molecule has 1 atom stereocenters. The lowest BCUT2D eigenvalue weighted by molar-refractivity contribution is -0.166. The fraction of sp³-hybridized carbons (Fsp3) is 0.736. The molecular formula is C72H124O6. The number of allylic oxidation sites excluding steroid dienone is 15. The van der Waals surface area contributed by atoms with Crippen LogP contribution in [-0.4, -0.2) is 37.2 Å². The maximum Gasteiger partial charge on any atom is 0.310 e. The highest BCUT2D eigenvalue weighted by Gasteiger charge is 2.19. The first-order valence-electron chi connectivity index (χ1n) is 33.2. The Morgan fingerprint density at radius 1 is 0.282 bits per heavy atom. The van der Waals surface area contributed by atoms with Gasteiger partial charge in [0.25, 0.3) is 0 Å². The fourth-order valence-corrected chi connectivity index (χ4v) is 9.48. The molecule has 0 aliphatic carbocycles. The summed E-state index contributed by atoms with van der Waals surface area (Å²) < 4.78 is 16.8. The Morgan fingerprint density at radius 3 is 0.846 bits per heavy atom. The summed E-state index contributed by atoms with van der Waals surface area (Å²) in [7, 11) is 0. The van der Waals surface area contributed by atoms with Gasteiger partial charge in [0.1, 0.15) is 13.2 Å². The van der Waals surface area contributed by atoms with Gasteiger partial charge in [-0.05, 0) is 77.0 Å². The molecule has 0 fully saturated rings. The zero-order valence-electron chi connectivity index (χ0n) is 51.4. The van der Waals surface area contributed by atoms with Gasteiger partial charge in [-0.3, -0.25) is 14.4 Å². The van der Waals surface area contributed by atoms with Crippen LogP contribution in [0.15, 0.2) is 97.2 Å². The lowest BCUT2D eigenvalue weighted by atomic mass is 10.0. The maximum absolute atomic E-state index is 12.8. The SMILES string of the molecule is CC/C=C\C/C=C\C/C=C\C/C=C\C/C=C\CC(=O)OC(COC(=O)CCCCC/C=C\C/C=C\C/C=C\CC)COC(=O)CCCCCCCCCCCCCCCCCCCCCCCCCCCCCCCCCC. The first-order chi connectivity index (χ1) is 38.5. The van der Waals surface area contributed by atoms with Crippen LogP contribution in [0.1, 0.15) is 323 Å². The first kappa shape index (κ1) is 74.3. The van der Waals surface area contributed by atoms with Crippen molar-refractivity contribution in [2.24, 2.45) is 0 Å². The van der Waals surface area contributed by atoms with Crippen molar-refractivity contribution in [3.8, 4) is 0 Å². The average Bonchev–Trinajstić information content (AvgIpc) is 3.44. The van der Waals surface area contributed by atoms with Crippen molar-refractivity contribution in [1.29, 1.82) is 0 Å². The van der Waals surface area contributed by atoms with Gasteiger partial charge in [-0.2, -0.15) is 0 Å². The number of carbonyl (C=O) groups is 3. The van der Waals surface area contributed by atoms with Crippen molar-refractivity contribution in [2.45, 2.75) is 329 Å². The van der Waals surface area contributed by atoms with Gasteiger partial charge in [0, 0.05) is 12.8 Å². The Hall–Kier alpha value is -3.67. The van der Waals surface area contributed by atoms with Gasteiger partial charge in [-0.15, -0.1) is 0 Å². The Bertz CT molecular complexity index is 1530. The molecule has 0 heterocycles. The van der Waals surface area contributed by atoms with E-state index >= 15 is 0 Å². The first-order valence-corrected chi connectivity index (χ1v) is 33.2. The monoisotopic (exact) mass is 1080 g/mol. The van der Waals surface area contributed by atoms with E-state index in [9.17, 15) is 14.4 Å². The van der Waals surface area contributed by atoms with E-state index in [0.717, 1.165) is 89.9 Å². The van der Waals surface area contributed by atoms with Crippen LogP contribution in [0.4, 0.5) is 0 Å². The molecule has 0 spiro atoms. The van der Waals surface area contributed by atoms with Crippen LogP contribution < -0.4 is 0 Å². The summed E-state index contributed by atoms with van der Waals surface area (Å²) >= 11 is 0. The Balaban J connectivity index is 4.19. The zero-order chi connectivity index (χ0) is 56.4. The molecule has 0 aromatic carbocycles. The molecule has 1 unspecified atom stereocenters. The summed E-state index contributed by atoms with van der Waals surface area (Å²) in [6.45, 7) is 6.33. The predicted molar refractivity (Wildman–Crippen MR) is 339 cm³/mol. The highest BCUT2D eigenvalue weighted by Crippen LogP contribution is 2.18. The molecule has 78 heavy (non-hydrogen) atoms. The highest BCUT2D eigenvalue weighted by molar-refractivity contribution is 5.72. The molecule has 0 N–H and O–H groups in total. The summed E-state index contributed by atoms with van der Waals surface area (Å²) in [6.07, 6.45) is 89.2. The van der Waals surface area contributed by atoms with Gasteiger partial charge in [-0.1, -0.05) is 323 Å². The highest BCUT2D eigenvalue weighted by atomic mass is 16.6. The second-order valence-corrected chi connectivity index (χ2v) is 22.0. The van der Waals surface area contributed by atoms with Crippen molar-refractivity contribution in [3.05, 3.63) is 97.2 Å². The molecule has 0 aromatic heterocycles. The van der Waals surface area contributed by atoms with E-state index in [-0.39, 0.29) is 31.6 Å². The van der Waals surface area contributed by atoms with E-state index in [2.05, 4.69) is 106 Å². The van der Waals surface area contributed by atoms with E-state index in [4.69, 9.17) is 14.2 Å². The van der Waals surface area contributed by atoms with Crippen LogP contribution in [-0.2, 0) is 28.6 Å². The molecule has 0 rings (SSSR count). The Labute approximate surface area is 483 Å². The summed E-state index contributed by atoms with van der Waals surface area (Å²) in [5.74, 6) is -1.08. The summed E-state index contributed by atoms with van der Waals surface area (Å²) in [4.78, 5) is 38.1. The lowest BCUT2D eigenvalue weighted by Crippen LogP contribution is -2.30. The molecular weight excluding hydrogens is 961 g/mol. The van der Waals surface area contributed by atoms with Crippen molar-refractivity contribution in [3.63, 3.8) is 0 Å². The molecule has 0 radical (unpaired) electrons. The third-order valence-electron chi connectivity index (χ3n) is 14.4. The molecule has 6 nitrogen and oxygen atoms in total. The van der Waals surface area contributed by atoms with Gasteiger partial charge in [-0.25, -0.2) is 0 Å². The molecule has 0 bridgehead atoms. The summed E-state index contributed by atoms with van der Waals surface area (Å²) in [6, 6.07) is 0. The number of unbranched alkanes of at least 4 members (excludes halogenated alkanes) is 34. The Morgan fingerprint density at radius 2 is 0.538 bits per heavy atom. The van der Waals surface area contributed by atoms with Crippen molar-refractivity contribution in [2.75, 3.05) is 13.2 Å². The third kappa shape index (κ3) is 63.2. The largest absolute Gasteiger partial charge is 0.462 e. The van der Waals surface area contributed by atoms with Gasteiger partial charge in [0.05, 0.1) is 6.42 Å². The minimum Gasteiger partial charge on any atom is -0.462 e. The zero-order valence-corrected chi connectivity index (χ0v) is 51.4. The minimum atomic E-state index is -0.844. The number of rotatable bonds is 60. The predicted octanol–water partition coefficient (Wildman–Crippen LogP) is 22.8. The van der Waals surface area contributed by atoms with Crippen molar-refractivity contribution in [1.82, 2.24) is 0 Å². The number of carbonyl (C=O) groups excluding carboxylic acids is 3. The molecule has 6 heteroatoms. The molecule has 0 saturated carbocycles. The van der Waals surface area contributed by atoms with E-state index in [1.54, 1.807) is 6.08 Å². The normalized spacial score (nSPS) is 12.7. The van der Waals surface area contributed by atoms with Crippen LogP contribution in [0.5, 0.6) is 0 Å². The number of ether oxygens (including phenoxy) is 3. The lowest BCUT2D eigenvalue weighted by Gasteiger charge is -2.18. The number of esters is 3. The minimum absolute atomic E-state index is 0.0899. The van der Waals surface area contributed by atoms with Gasteiger partial charge >= 0.3 is 17.9 Å². The average molecular weight is 1090 g/mol. The third-order valence-corrected chi connectivity index (χ3v) is 14.4. The van der Waals surface area contributed by atoms with Crippen molar-refractivity contribution < 1.29 is 28.6 Å². The van der Waals surface area contributed by atoms with E-state index in [1.165, 1.54) is 186 Å². The van der Waals surface area contributed by atoms with Crippen LogP contribution in [0.3, 0.4) is 0 Å². The molecule has 0 aliphatic rings. The summed E-state index contributed by atoms with van der Waals surface area (Å²) in [5.41, 5.74) is 0. The van der Waals surface area contributed by atoms with Gasteiger partial charge < -0.3 is 14.2 Å². The molecule has 448 valence electrons. The fourth-order valence-electron chi connectivity index (χ4n) is 9.48. The molecule has 0 saturated heterocycles. The maximum atomic E-state index is 12.8. The quantitative estimate of drug-likeness (QED) is 0.0261. The van der Waals surface area contributed by atoms with E-state index < -0.39 is 12.1 Å². The molecule has 0 aromatic rings. The summed E-state index contributed by atoms with van der Waals surface area (Å²) in [5, 5.41) is 0. The number of hydrogen-bond acceptors (Lipinski definition) is 6. The topological polar surface area (TPSA) is 78.9 Å². The van der Waals surface area contributed by atoms with Gasteiger partial charge in [0.15, 0.2) is 6.10 Å². The number of hydrogen-bond donors (Lipinski definition) is 0. The second-order valence-electron chi connectivity index (χ2n) is 22.0. The van der Waals surface area contributed by atoms with E-state index in [0.29, 0.717) is 19.3 Å². The van der Waals surface area contributed by atoms with Crippen LogP contribution >= 0.6 is 0 Å². The van der Waals surface area contributed by atoms with Crippen LogP contribution in [0.2, 0.25) is 0 Å². The van der Waals surface area contributed by atoms with Gasteiger partial charge in [0.2, 0.25) is 0 Å². The standard InChI is InChI=1S/C72H124O6/c1-4-7-10-13-16-19-22-25-27-28-29-30-31-32-33-34-35-36-37-38-39-40-41-42-43-45-47-50-53-56-59-62-65-71(74)77-68-69(67-76-70(73)64-61-58-55-52-49-46-24-21-18-15-12-9-6-3)78-72(75)66-63-60-57-54-51-48-44-26-23-20-17-14-11-8-5-2/h8-9,11-12,17-18,20-21,26,44,46,49,51,54,60,63,69H,4-7,10,13-16,19,22-25,27-43,45,47-48,50,52-53,55-59,61-62,64-68H2,1-3H3/b11-8-,12-9-,20-17-,21-18-,44-26-,49-46-,54-51-,63-60-. The molecule has 0 aliphatic heterocycles. The smallest absolute Gasteiger partial charge is 0.310 e. The van der Waals surface area contributed by atoms with E-state index in [1.807, 2.05) is 6.08 Å². The van der Waals surface area contributed by atoms with Crippen LogP contribution in [0.25, 0.3) is 0 Å². The molecule has 0 amide bonds.